The predicted octanol–water partition coefficient (Wildman–Crippen LogP) is 3.26. The highest BCUT2D eigenvalue weighted by molar-refractivity contribution is 6.01. The van der Waals surface area contributed by atoms with Crippen LogP contribution in [0.2, 0.25) is 0 Å². The number of ether oxygens (including phenoxy) is 1. The summed E-state index contributed by atoms with van der Waals surface area (Å²) in [6, 6.07) is 0.309. The Morgan fingerprint density at radius 3 is 2.66 bits per heavy atom. The number of nitrogens with one attached hydrogen (secondary N) is 1. The average Bonchev–Trinajstić information content (AvgIpc) is 3.56. The summed E-state index contributed by atoms with van der Waals surface area (Å²) in [7, 11) is 0. The van der Waals surface area contributed by atoms with Crippen molar-refractivity contribution in [3.8, 4) is 0 Å². The Morgan fingerprint density at radius 1 is 1.29 bits per heavy atom. The fourth-order valence-corrected chi connectivity index (χ4v) is 4.63. The first kappa shape index (κ1) is 23.6. The first-order valence-electron chi connectivity index (χ1n) is 11.1. The monoisotopic (exact) mass is 493 g/mol. The largest absolute Gasteiger partial charge is 0.417 e. The lowest BCUT2D eigenvalue weighted by atomic mass is 9.74. The molecule has 4 heterocycles. The van der Waals surface area contributed by atoms with Crippen molar-refractivity contribution in [2.24, 2.45) is 0 Å². The zero-order valence-corrected chi connectivity index (χ0v) is 19.0. The Morgan fingerprint density at radius 2 is 2.03 bits per heavy atom. The smallest absolute Gasteiger partial charge is 0.385 e. The number of carbonyl (C=O) groups excluding carboxylic acids is 1. The van der Waals surface area contributed by atoms with Gasteiger partial charge in [-0.15, -0.1) is 0 Å². The number of aryl methyl sites for hydroxylation is 1. The number of rotatable bonds is 4. The normalized spacial score (nSPS) is 25.1. The van der Waals surface area contributed by atoms with Crippen molar-refractivity contribution in [2.45, 2.75) is 56.3 Å². The lowest BCUT2D eigenvalue weighted by molar-refractivity contribution is -0.142. The number of fused-ring (bicyclic) bond motifs is 1. The van der Waals surface area contributed by atoms with Crippen LogP contribution in [0, 0.1) is 12.7 Å². The molecule has 2 aliphatic rings. The quantitative estimate of drug-likeness (QED) is 0.541. The number of carbonyl (C=O) groups is 1. The third kappa shape index (κ3) is 3.94. The number of amides is 1. The van der Waals surface area contributed by atoms with Gasteiger partial charge >= 0.3 is 6.18 Å². The summed E-state index contributed by atoms with van der Waals surface area (Å²) in [6.07, 6.45) is 1.17. The van der Waals surface area contributed by atoms with E-state index in [2.05, 4.69) is 20.4 Å². The van der Waals surface area contributed by atoms with Crippen molar-refractivity contribution in [1.29, 1.82) is 0 Å². The fourth-order valence-electron chi connectivity index (χ4n) is 4.63. The Kier molecular flexibility index (Phi) is 5.37. The second-order valence-electron chi connectivity index (χ2n) is 9.38. The van der Waals surface area contributed by atoms with Crippen LogP contribution in [0.4, 0.5) is 17.6 Å². The first-order chi connectivity index (χ1) is 16.4. The van der Waals surface area contributed by atoms with Crippen molar-refractivity contribution < 1.29 is 32.2 Å². The second-order valence-corrected chi connectivity index (χ2v) is 9.38. The number of nitrogens with zero attached hydrogens (tertiary/aromatic N) is 4. The molecule has 0 aromatic carbocycles. The highest BCUT2D eigenvalue weighted by atomic mass is 19.4. The maximum Gasteiger partial charge on any atom is 0.417 e. The van der Waals surface area contributed by atoms with Crippen molar-refractivity contribution in [1.82, 2.24) is 24.9 Å². The topological polar surface area (TPSA) is 102 Å². The van der Waals surface area contributed by atoms with E-state index in [1.54, 1.807) is 19.3 Å². The summed E-state index contributed by atoms with van der Waals surface area (Å²) < 4.78 is 61.2. The van der Waals surface area contributed by atoms with E-state index in [4.69, 9.17) is 4.74 Å². The Labute approximate surface area is 197 Å². The van der Waals surface area contributed by atoms with Gasteiger partial charge in [0.15, 0.2) is 5.65 Å². The molecule has 186 valence electrons. The highest BCUT2D eigenvalue weighted by Crippen LogP contribution is 2.42. The molecular formula is C23H23F4N5O3. The number of halogens is 4. The van der Waals surface area contributed by atoms with Crippen LogP contribution in [0.3, 0.4) is 0 Å². The number of pyridine rings is 1. The van der Waals surface area contributed by atoms with Crippen LogP contribution in [-0.2, 0) is 16.5 Å². The molecule has 5 rings (SSSR count). The predicted molar refractivity (Wildman–Crippen MR) is 114 cm³/mol. The van der Waals surface area contributed by atoms with Gasteiger partial charge in [0.2, 0.25) is 0 Å². The summed E-state index contributed by atoms with van der Waals surface area (Å²) in [5.41, 5.74) is -3.81. The van der Waals surface area contributed by atoms with E-state index < -0.39 is 40.3 Å². The zero-order chi connectivity index (χ0) is 25.2. The molecule has 0 radical (unpaired) electrons. The van der Waals surface area contributed by atoms with Crippen LogP contribution in [0.1, 0.15) is 65.0 Å². The van der Waals surface area contributed by atoms with E-state index in [1.165, 1.54) is 11.4 Å². The van der Waals surface area contributed by atoms with E-state index >= 15 is 4.39 Å². The molecule has 1 saturated heterocycles. The van der Waals surface area contributed by atoms with E-state index in [1.807, 2.05) is 0 Å². The van der Waals surface area contributed by atoms with Gasteiger partial charge in [0.05, 0.1) is 17.9 Å². The van der Waals surface area contributed by atoms with Gasteiger partial charge in [-0.2, -0.15) is 18.3 Å². The lowest BCUT2D eigenvalue weighted by Gasteiger charge is -2.48. The van der Waals surface area contributed by atoms with Crippen molar-refractivity contribution >= 4 is 11.6 Å². The van der Waals surface area contributed by atoms with E-state index in [9.17, 15) is 23.1 Å². The first-order valence-corrected chi connectivity index (χ1v) is 11.1. The molecule has 2 atom stereocenters. The maximum atomic E-state index is 15.1. The van der Waals surface area contributed by atoms with E-state index in [0.29, 0.717) is 23.9 Å². The maximum absolute atomic E-state index is 15.1. The molecule has 0 unspecified atom stereocenters. The average molecular weight is 493 g/mol. The van der Waals surface area contributed by atoms with Crippen LogP contribution in [0.25, 0.3) is 5.65 Å². The Hall–Kier alpha value is -3.12. The molecule has 0 spiro atoms. The summed E-state index contributed by atoms with van der Waals surface area (Å²) in [5.74, 6) is -1.60. The Bertz CT molecular complexity index is 1320. The second kappa shape index (κ2) is 7.95. The zero-order valence-electron chi connectivity index (χ0n) is 19.0. The van der Waals surface area contributed by atoms with Crippen LogP contribution >= 0.6 is 0 Å². The molecular weight excluding hydrogens is 470 g/mol. The van der Waals surface area contributed by atoms with Crippen molar-refractivity contribution in [3.05, 3.63) is 58.6 Å². The fraction of sp³-hybridized carbons (Fsp3) is 0.478. The van der Waals surface area contributed by atoms with Gasteiger partial charge in [-0.3, -0.25) is 9.78 Å². The van der Waals surface area contributed by atoms with Gasteiger partial charge < -0.3 is 15.2 Å². The molecule has 1 aliphatic carbocycles. The number of hydrogen-bond acceptors (Lipinski definition) is 6. The highest BCUT2D eigenvalue weighted by Gasteiger charge is 2.55. The minimum Gasteiger partial charge on any atom is -0.385 e. The SMILES string of the molecule is Cc1nn2cc(C3CC3)cnc2c1C(=O)N[C@]1(c2ncc(C(F)(F)F)cc2F)CCOC[C@@]1(C)O. The number of alkyl halides is 3. The Balaban J connectivity index is 1.58. The molecule has 1 amide bonds. The standard InChI is InChI=1S/C23H23F4N5O3/c1-12-17(19-29-8-14(13-3-4-13)10-32(19)31-12)20(33)30-22(5-6-35-11-21(22,2)34)18-16(24)7-15(9-28-18)23(25,26)27/h7-10,13,34H,3-6,11H2,1-2H3,(H,30,33)/t21-,22+/m1/s1. The van der Waals surface area contributed by atoms with Gasteiger partial charge in [-0.1, -0.05) is 0 Å². The van der Waals surface area contributed by atoms with Crippen LogP contribution in [0.5, 0.6) is 0 Å². The van der Waals surface area contributed by atoms with Gasteiger partial charge in [-0.25, -0.2) is 13.9 Å². The van der Waals surface area contributed by atoms with Gasteiger partial charge in [0, 0.05) is 31.6 Å². The molecule has 35 heavy (non-hydrogen) atoms. The molecule has 2 fully saturated rings. The third-order valence-corrected chi connectivity index (χ3v) is 6.77. The molecule has 2 N–H and O–H groups in total. The molecule has 3 aromatic rings. The molecule has 0 bridgehead atoms. The third-order valence-electron chi connectivity index (χ3n) is 6.77. The summed E-state index contributed by atoms with van der Waals surface area (Å²) >= 11 is 0. The number of aromatic nitrogens is 4. The van der Waals surface area contributed by atoms with Gasteiger partial charge in [-0.05, 0) is 44.2 Å². The lowest BCUT2D eigenvalue weighted by Crippen LogP contribution is -2.65. The van der Waals surface area contributed by atoms with Crippen molar-refractivity contribution in [3.63, 3.8) is 0 Å². The summed E-state index contributed by atoms with van der Waals surface area (Å²) in [6.45, 7) is 2.64. The van der Waals surface area contributed by atoms with Gasteiger partial charge in [0.25, 0.3) is 5.91 Å². The minimum absolute atomic E-state index is 0.00924. The van der Waals surface area contributed by atoms with Crippen LogP contribution in [0.15, 0.2) is 24.7 Å². The number of aliphatic hydroxyl groups is 1. The van der Waals surface area contributed by atoms with Gasteiger partial charge in [0.1, 0.15) is 28.2 Å². The van der Waals surface area contributed by atoms with Crippen LogP contribution in [-0.4, -0.2) is 49.4 Å². The molecule has 1 saturated carbocycles. The van der Waals surface area contributed by atoms with E-state index in [0.717, 1.165) is 18.4 Å². The molecule has 8 nitrogen and oxygen atoms in total. The van der Waals surface area contributed by atoms with Crippen LogP contribution < -0.4 is 5.32 Å². The van der Waals surface area contributed by atoms with E-state index in [-0.39, 0.29) is 30.8 Å². The summed E-state index contributed by atoms with van der Waals surface area (Å²) in [4.78, 5) is 21.7. The minimum atomic E-state index is -4.81. The van der Waals surface area contributed by atoms with Crippen molar-refractivity contribution in [2.75, 3.05) is 13.2 Å². The molecule has 1 aliphatic heterocycles. The number of hydrogen-bond donors (Lipinski definition) is 2. The molecule has 3 aromatic heterocycles. The molecule has 12 heteroatoms. The summed E-state index contributed by atoms with van der Waals surface area (Å²) in [5, 5.41) is 18.3.